The van der Waals surface area contributed by atoms with Gasteiger partial charge in [-0.25, -0.2) is 4.98 Å². The van der Waals surface area contributed by atoms with Crippen LogP contribution in [0.4, 0.5) is 0 Å². The van der Waals surface area contributed by atoms with Gasteiger partial charge in [-0.2, -0.15) is 0 Å². The van der Waals surface area contributed by atoms with Gasteiger partial charge in [-0.1, -0.05) is 74.4 Å². The molecule has 0 saturated carbocycles. The molecule has 0 aliphatic heterocycles. The highest BCUT2D eigenvalue weighted by molar-refractivity contribution is 5.58. The Labute approximate surface area is 138 Å². The molecule has 0 spiro atoms. The number of hydrogen-bond acceptors (Lipinski definition) is 1. The highest BCUT2D eigenvalue weighted by atomic mass is 14.9. The molecule has 2 aromatic carbocycles. The number of aromatic nitrogens is 2. The maximum Gasteiger partial charge on any atom is 0.110 e. The minimum absolute atomic E-state index is 0.849. The fourth-order valence-corrected chi connectivity index (χ4v) is 2.81. The van der Waals surface area contributed by atoms with Crippen molar-refractivity contribution in [2.24, 2.45) is 0 Å². The molecule has 23 heavy (non-hydrogen) atoms. The lowest BCUT2D eigenvalue weighted by Gasteiger charge is -2.03. The van der Waals surface area contributed by atoms with Crippen molar-refractivity contribution in [1.82, 2.24) is 9.97 Å². The lowest BCUT2D eigenvalue weighted by atomic mass is 10.0. The fraction of sp³-hybridized carbons (Fsp3) is 0.286. The van der Waals surface area contributed by atoms with Crippen LogP contribution in [0.1, 0.15) is 43.1 Å². The van der Waals surface area contributed by atoms with Gasteiger partial charge < -0.3 is 4.98 Å². The zero-order chi connectivity index (χ0) is 15.9. The third-order valence-electron chi connectivity index (χ3n) is 4.18. The minimum Gasteiger partial charge on any atom is -0.342 e. The van der Waals surface area contributed by atoms with Crippen molar-refractivity contribution in [3.63, 3.8) is 0 Å². The van der Waals surface area contributed by atoms with Crippen LogP contribution >= 0.6 is 0 Å². The van der Waals surface area contributed by atoms with Gasteiger partial charge in [0.2, 0.25) is 0 Å². The van der Waals surface area contributed by atoms with Crippen molar-refractivity contribution in [3.05, 3.63) is 77.7 Å². The predicted molar refractivity (Wildman–Crippen MR) is 96.5 cm³/mol. The Balaban J connectivity index is 1.62. The predicted octanol–water partition coefficient (Wildman–Crippen LogP) is 5.40. The summed E-state index contributed by atoms with van der Waals surface area (Å²) in [6.07, 6.45) is 7.84. The van der Waals surface area contributed by atoms with E-state index in [-0.39, 0.29) is 0 Å². The first-order valence-corrected chi connectivity index (χ1v) is 8.52. The summed E-state index contributed by atoms with van der Waals surface area (Å²) in [6, 6.07) is 19.3. The third-order valence-corrected chi connectivity index (χ3v) is 4.18. The Morgan fingerprint density at radius 1 is 0.870 bits per heavy atom. The Morgan fingerprint density at radius 3 is 2.35 bits per heavy atom. The van der Waals surface area contributed by atoms with Crippen molar-refractivity contribution in [2.45, 2.75) is 39.0 Å². The number of hydrogen-bond donors (Lipinski definition) is 1. The average molecular weight is 304 g/mol. The average Bonchev–Trinajstić information content (AvgIpc) is 3.06. The summed E-state index contributed by atoms with van der Waals surface area (Å²) in [6.45, 7) is 2.25. The highest BCUT2D eigenvalue weighted by Gasteiger charge is 2.04. The Morgan fingerprint density at radius 2 is 1.61 bits per heavy atom. The monoisotopic (exact) mass is 304 g/mol. The van der Waals surface area contributed by atoms with Crippen molar-refractivity contribution < 1.29 is 0 Å². The van der Waals surface area contributed by atoms with Gasteiger partial charge in [0.05, 0.1) is 11.9 Å². The number of nitrogens with zero attached hydrogens (tertiary/aromatic N) is 1. The molecule has 0 aliphatic rings. The van der Waals surface area contributed by atoms with E-state index in [1.807, 2.05) is 24.4 Å². The molecule has 1 N–H and O–H groups in total. The minimum atomic E-state index is 0.849. The summed E-state index contributed by atoms with van der Waals surface area (Å²) >= 11 is 0. The standard InChI is InChI=1S/C21H24N2/c1-2-3-5-8-17-11-13-18(14-12-17)15-21-22-16-20(23-21)19-9-6-4-7-10-19/h4,6-7,9-14,16H,2-3,5,8,15H2,1H3,(H,22,23). The van der Waals surface area contributed by atoms with Crippen molar-refractivity contribution in [1.29, 1.82) is 0 Å². The van der Waals surface area contributed by atoms with Crippen LogP contribution in [0, 0.1) is 0 Å². The van der Waals surface area contributed by atoms with Gasteiger partial charge in [0.1, 0.15) is 5.82 Å². The quantitative estimate of drug-likeness (QED) is 0.582. The van der Waals surface area contributed by atoms with Gasteiger partial charge >= 0.3 is 0 Å². The summed E-state index contributed by atoms with van der Waals surface area (Å²) in [7, 11) is 0. The molecular weight excluding hydrogens is 280 g/mol. The van der Waals surface area contributed by atoms with E-state index >= 15 is 0 Å². The summed E-state index contributed by atoms with van der Waals surface area (Å²) in [5.74, 6) is 1.02. The van der Waals surface area contributed by atoms with Crippen molar-refractivity contribution in [2.75, 3.05) is 0 Å². The van der Waals surface area contributed by atoms with Gasteiger partial charge in [0.15, 0.2) is 0 Å². The number of benzene rings is 2. The summed E-state index contributed by atoms with van der Waals surface area (Å²) < 4.78 is 0. The van der Waals surface area contributed by atoms with Crippen LogP contribution in [0.3, 0.4) is 0 Å². The molecular formula is C21H24N2. The molecule has 3 aromatic rings. The number of nitrogens with one attached hydrogen (secondary N) is 1. The van der Waals surface area contributed by atoms with E-state index < -0.39 is 0 Å². The molecule has 2 nitrogen and oxygen atoms in total. The molecule has 1 aromatic heterocycles. The topological polar surface area (TPSA) is 28.7 Å². The van der Waals surface area contributed by atoms with Gasteiger partial charge in [0.25, 0.3) is 0 Å². The largest absolute Gasteiger partial charge is 0.342 e. The number of aryl methyl sites for hydroxylation is 1. The van der Waals surface area contributed by atoms with Gasteiger partial charge in [-0.05, 0) is 29.5 Å². The van der Waals surface area contributed by atoms with Crippen LogP contribution < -0.4 is 0 Å². The normalized spacial score (nSPS) is 10.8. The lowest BCUT2D eigenvalue weighted by molar-refractivity contribution is 0.717. The molecule has 0 unspecified atom stereocenters. The second kappa shape index (κ2) is 7.77. The molecule has 0 fully saturated rings. The summed E-state index contributed by atoms with van der Waals surface area (Å²) in [4.78, 5) is 7.94. The first kappa shape index (κ1) is 15.5. The van der Waals surface area contributed by atoms with Crippen LogP contribution in [-0.2, 0) is 12.8 Å². The van der Waals surface area contributed by atoms with Crippen molar-refractivity contribution >= 4 is 0 Å². The van der Waals surface area contributed by atoms with E-state index in [4.69, 9.17) is 0 Å². The Kier molecular flexibility index (Phi) is 5.25. The molecule has 0 atom stereocenters. The SMILES string of the molecule is CCCCCc1ccc(Cc2ncc(-c3ccccc3)[nH]2)cc1. The van der Waals surface area contributed by atoms with E-state index in [1.54, 1.807) is 0 Å². The van der Waals surface area contributed by atoms with Crippen LogP contribution in [0.25, 0.3) is 11.3 Å². The smallest absolute Gasteiger partial charge is 0.110 e. The molecule has 3 rings (SSSR count). The molecule has 118 valence electrons. The van der Waals surface area contributed by atoms with E-state index in [1.165, 1.54) is 42.4 Å². The highest BCUT2D eigenvalue weighted by Crippen LogP contribution is 2.18. The van der Waals surface area contributed by atoms with E-state index in [0.717, 1.165) is 17.9 Å². The summed E-state index contributed by atoms with van der Waals surface area (Å²) in [5, 5.41) is 0. The fourth-order valence-electron chi connectivity index (χ4n) is 2.81. The second-order valence-electron chi connectivity index (χ2n) is 6.06. The molecule has 0 amide bonds. The zero-order valence-electron chi connectivity index (χ0n) is 13.8. The number of aromatic amines is 1. The number of H-pyrrole nitrogens is 1. The van der Waals surface area contributed by atoms with Gasteiger partial charge in [0, 0.05) is 6.42 Å². The third kappa shape index (κ3) is 4.32. The van der Waals surface area contributed by atoms with E-state index in [2.05, 4.69) is 53.3 Å². The second-order valence-corrected chi connectivity index (χ2v) is 6.06. The molecule has 0 radical (unpaired) electrons. The van der Waals surface area contributed by atoms with Gasteiger partial charge in [-0.15, -0.1) is 0 Å². The Bertz CT molecular complexity index is 711. The van der Waals surface area contributed by atoms with E-state index in [0.29, 0.717) is 0 Å². The molecule has 0 aliphatic carbocycles. The van der Waals surface area contributed by atoms with Gasteiger partial charge in [-0.3, -0.25) is 0 Å². The number of rotatable bonds is 7. The van der Waals surface area contributed by atoms with E-state index in [9.17, 15) is 0 Å². The molecule has 0 bridgehead atoms. The zero-order valence-corrected chi connectivity index (χ0v) is 13.8. The lowest BCUT2D eigenvalue weighted by Crippen LogP contribution is -1.92. The van der Waals surface area contributed by atoms with Crippen LogP contribution in [-0.4, -0.2) is 9.97 Å². The first-order chi connectivity index (χ1) is 11.3. The van der Waals surface area contributed by atoms with Crippen LogP contribution in [0.2, 0.25) is 0 Å². The summed E-state index contributed by atoms with van der Waals surface area (Å²) in [5.41, 5.74) is 5.00. The van der Waals surface area contributed by atoms with Crippen molar-refractivity contribution in [3.8, 4) is 11.3 Å². The number of imidazole rings is 1. The Hall–Kier alpha value is -2.35. The first-order valence-electron chi connectivity index (χ1n) is 8.52. The molecule has 1 heterocycles. The van der Waals surface area contributed by atoms with Crippen LogP contribution in [0.15, 0.2) is 60.8 Å². The molecule has 0 saturated heterocycles. The number of unbranched alkanes of at least 4 members (excludes halogenated alkanes) is 2. The molecule has 2 heteroatoms. The maximum atomic E-state index is 4.52. The van der Waals surface area contributed by atoms with Crippen LogP contribution in [0.5, 0.6) is 0 Å². The maximum absolute atomic E-state index is 4.52.